The second kappa shape index (κ2) is 3.48. The van der Waals surface area contributed by atoms with Crippen molar-refractivity contribution >= 4 is 11.9 Å². The molecule has 2 fully saturated rings. The third-order valence-corrected chi connectivity index (χ3v) is 3.32. The molecule has 84 valence electrons. The van der Waals surface area contributed by atoms with Crippen molar-refractivity contribution in [1.29, 1.82) is 0 Å². The zero-order valence-corrected chi connectivity index (χ0v) is 8.73. The largest absolute Gasteiger partial charge is 0.481 e. The molecule has 2 aliphatic heterocycles. The smallest absolute Gasteiger partial charge is 0.308 e. The van der Waals surface area contributed by atoms with Gasteiger partial charge >= 0.3 is 5.97 Å². The highest BCUT2D eigenvalue weighted by Crippen LogP contribution is 2.32. The Balaban J connectivity index is 2.11. The standard InChI is InChI=1S/C10H15NO4/c1-10(2-3-15-6-10)11-5-7(9(13)14)4-8(11)12/h7H,2-6H2,1H3,(H,13,14). The van der Waals surface area contributed by atoms with Gasteiger partial charge in [-0.15, -0.1) is 0 Å². The van der Waals surface area contributed by atoms with E-state index in [1.54, 1.807) is 4.90 Å². The lowest BCUT2D eigenvalue weighted by Crippen LogP contribution is -2.48. The molecule has 0 aliphatic carbocycles. The fourth-order valence-corrected chi connectivity index (χ4v) is 2.26. The van der Waals surface area contributed by atoms with Gasteiger partial charge in [-0.2, -0.15) is 0 Å². The number of carboxylic acids is 1. The van der Waals surface area contributed by atoms with Gasteiger partial charge in [-0.3, -0.25) is 9.59 Å². The topological polar surface area (TPSA) is 66.8 Å². The van der Waals surface area contributed by atoms with Crippen LogP contribution in [0.25, 0.3) is 0 Å². The van der Waals surface area contributed by atoms with Crippen LogP contribution in [0.15, 0.2) is 0 Å². The second-order valence-electron chi connectivity index (χ2n) is 4.54. The van der Waals surface area contributed by atoms with Crippen molar-refractivity contribution in [3.63, 3.8) is 0 Å². The number of carboxylic acid groups (broad SMARTS) is 1. The average Bonchev–Trinajstić information content (AvgIpc) is 2.73. The highest BCUT2D eigenvalue weighted by molar-refractivity contribution is 5.86. The average molecular weight is 213 g/mol. The van der Waals surface area contributed by atoms with Crippen LogP contribution in [-0.4, -0.2) is 47.2 Å². The molecule has 0 saturated carbocycles. The number of hydrogen-bond acceptors (Lipinski definition) is 3. The summed E-state index contributed by atoms with van der Waals surface area (Å²) in [5.74, 6) is -1.49. The number of nitrogens with zero attached hydrogens (tertiary/aromatic N) is 1. The molecule has 2 atom stereocenters. The molecule has 2 heterocycles. The fraction of sp³-hybridized carbons (Fsp3) is 0.800. The Morgan fingerprint density at radius 3 is 2.87 bits per heavy atom. The van der Waals surface area contributed by atoms with E-state index >= 15 is 0 Å². The lowest BCUT2D eigenvalue weighted by molar-refractivity contribution is -0.141. The van der Waals surface area contributed by atoms with E-state index in [2.05, 4.69) is 0 Å². The van der Waals surface area contributed by atoms with Crippen LogP contribution >= 0.6 is 0 Å². The van der Waals surface area contributed by atoms with Gasteiger partial charge < -0.3 is 14.7 Å². The van der Waals surface area contributed by atoms with Crippen LogP contribution in [0.4, 0.5) is 0 Å². The van der Waals surface area contributed by atoms with Gasteiger partial charge in [-0.25, -0.2) is 0 Å². The highest BCUT2D eigenvalue weighted by atomic mass is 16.5. The third kappa shape index (κ3) is 1.71. The number of carbonyl (C=O) groups excluding carboxylic acids is 1. The Hall–Kier alpha value is -1.10. The van der Waals surface area contributed by atoms with Crippen molar-refractivity contribution < 1.29 is 19.4 Å². The quantitative estimate of drug-likeness (QED) is 0.706. The van der Waals surface area contributed by atoms with Gasteiger partial charge in [-0.05, 0) is 13.3 Å². The summed E-state index contributed by atoms with van der Waals surface area (Å²) < 4.78 is 5.28. The monoisotopic (exact) mass is 213 g/mol. The number of amides is 1. The Morgan fingerprint density at radius 2 is 2.40 bits per heavy atom. The molecule has 2 rings (SSSR count). The molecule has 0 spiro atoms. The first-order valence-corrected chi connectivity index (χ1v) is 5.14. The van der Waals surface area contributed by atoms with E-state index in [1.165, 1.54) is 0 Å². The van der Waals surface area contributed by atoms with Crippen LogP contribution in [0.1, 0.15) is 19.8 Å². The molecular weight excluding hydrogens is 198 g/mol. The molecule has 0 aromatic heterocycles. The minimum Gasteiger partial charge on any atom is -0.481 e. The van der Waals surface area contributed by atoms with E-state index in [0.717, 1.165) is 6.42 Å². The molecule has 1 amide bonds. The van der Waals surface area contributed by atoms with E-state index < -0.39 is 11.9 Å². The van der Waals surface area contributed by atoms with E-state index in [9.17, 15) is 9.59 Å². The molecule has 0 radical (unpaired) electrons. The predicted octanol–water partition coefficient (Wildman–Crippen LogP) is 0.0985. The fourth-order valence-electron chi connectivity index (χ4n) is 2.26. The first kappa shape index (κ1) is 10.4. The molecule has 15 heavy (non-hydrogen) atoms. The zero-order valence-electron chi connectivity index (χ0n) is 8.73. The maximum absolute atomic E-state index is 11.7. The van der Waals surface area contributed by atoms with Crippen molar-refractivity contribution in [1.82, 2.24) is 4.90 Å². The Kier molecular flexibility index (Phi) is 2.42. The normalized spacial score (nSPS) is 36.2. The molecule has 0 bridgehead atoms. The maximum Gasteiger partial charge on any atom is 0.308 e. The first-order chi connectivity index (χ1) is 7.03. The molecule has 1 N–H and O–H groups in total. The van der Waals surface area contributed by atoms with E-state index in [4.69, 9.17) is 9.84 Å². The van der Waals surface area contributed by atoms with Crippen molar-refractivity contribution in [2.45, 2.75) is 25.3 Å². The minimum absolute atomic E-state index is 0.0598. The van der Waals surface area contributed by atoms with Crippen LogP contribution in [0.3, 0.4) is 0 Å². The number of aliphatic carboxylic acids is 1. The maximum atomic E-state index is 11.7. The lowest BCUT2D eigenvalue weighted by atomic mass is 9.99. The lowest BCUT2D eigenvalue weighted by Gasteiger charge is -2.33. The Bertz CT molecular complexity index is 296. The van der Waals surface area contributed by atoms with Crippen LogP contribution < -0.4 is 0 Å². The van der Waals surface area contributed by atoms with Gasteiger partial charge in [0.15, 0.2) is 0 Å². The van der Waals surface area contributed by atoms with Gasteiger partial charge in [0, 0.05) is 19.6 Å². The number of likely N-dealkylation sites (tertiary alicyclic amines) is 1. The van der Waals surface area contributed by atoms with Gasteiger partial charge in [0.05, 0.1) is 18.1 Å². The predicted molar refractivity (Wildman–Crippen MR) is 51.3 cm³/mol. The van der Waals surface area contributed by atoms with Gasteiger partial charge in [0.25, 0.3) is 0 Å². The summed E-state index contributed by atoms with van der Waals surface area (Å²) in [6, 6.07) is 0. The SMILES string of the molecule is CC1(N2CC(C(=O)O)CC2=O)CCOC1. The highest BCUT2D eigenvalue weighted by Gasteiger charge is 2.45. The summed E-state index contributed by atoms with van der Waals surface area (Å²) in [4.78, 5) is 24.2. The zero-order chi connectivity index (χ0) is 11.1. The van der Waals surface area contributed by atoms with Crippen LogP contribution in [0.2, 0.25) is 0 Å². The molecule has 0 aromatic rings. The van der Waals surface area contributed by atoms with E-state index in [-0.39, 0.29) is 17.9 Å². The summed E-state index contributed by atoms with van der Waals surface area (Å²) in [6.07, 6.45) is 0.927. The van der Waals surface area contributed by atoms with Gasteiger partial charge in [-0.1, -0.05) is 0 Å². The van der Waals surface area contributed by atoms with Gasteiger partial charge in [0.2, 0.25) is 5.91 Å². The number of ether oxygens (including phenoxy) is 1. The van der Waals surface area contributed by atoms with Crippen molar-refractivity contribution in [2.75, 3.05) is 19.8 Å². The molecule has 0 aromatic carbocycles. The summed E-state index contributed by atoms with van der Waals surface area (Å²) in [7, 11) is 0. The van der Waals surface area contributed by atoms with Crippen LogP contribution in [0.5, 0.6) is 0 Å². The molecule has 2 saturated heterocycles. The van der Waals surface area contributed by atoms with E-state index in [1.807, 2.05) is 6.92 Å². The molecule has 2 unspecified atom stereocenters. The number of hydrogen-bond donors (Lipinski definition) is 1. The van der Waals surface area contributed by atoms with Crippen LogP contribution in [-0.2, 0) is 14.3 Å². The Morgan fingerprint density at radius 1 is 1.67 bits per heavy atom. The Labute approximate surface area is 88.0 Å². The third-order valence-electron chi connectivity index (χ3n) is 3.32. The summed E-state index contributed by atoms with van der Waals surface area (Å²) in [5, 5.41) is 8.87. The molecule has 2 aliphatic rings. The molecule has 5 nitrogen and oxygen atoms in total. The molecular formula is C10H15NO4. The van der Waals surface area contributed by atoms with Crippen molar-refractivity contribution in [3.8, 4) is 0 Å². The summed E-state index contributed by atoms with van der Waals surface area (Å²) in [6.45, 7) is 3.46. The number of carbonyl (C=O) groups is 2. The molecule has 5 heteroatoms. The second-order valence-corrected chi connectivity index (χ2v) is 4.54. The number of rotatable bonds is 2. The summed E-state index contributed by atoms with van der Waals surface area (Å²) in [5.41, 5.74) is -0.290. The van der Waals surface area contributed by atoms with Crippen LogP contribution in [0, 0.1) is 5.92 Å². The van der Waals surface area contributed by atoms with Crippen molar-refractivity contribution in [3.05, 3.63) is 0 Å². The van der Waals surface area contributed by atoms with Gasteiger partial charge in [0.1, 0.15) is 0 Å². The van der Waals surface area contributed by atoms with E-state index in [0.29, 0.717) is 19.8 Å². The summed E-state index contributed by atoms with van der Waals surface area (Å²) >= 11 is 0. The van der Waals surface area contributed by atoms with Crippen molar-refractivity contribution in [2.24, 2.45) is 5.92 Å². The first-order valence-electron chi connectivity index (χ1n) is 5.14. The minimum atomic E-state index is -0.881.